The van der Waals surface area contributed by atoms with Crippen LogP contribution in [0.3, 0.4) is 0 Å². The van der Waals surface area contributed by atoms with Crippen LogP contribution in [-0.2, 0) is 12.8 Å². The molecule has 1 saturated carbocycles. The molecule has 0 amide bonds. The van der Waals surface area contributed by atoms with Gasteiger partial charge in [-0.3, -0.25) is 0 Å². The number of phenolic OH excluding ortho intramolecular Hbond substituents is 2. The van der Waals surface area contributed by atoms with Crippen molar-refractivity contribution in [1.29, 1.82) is 0 Å². The van der Waals surface area contributed by atoms with Gasteiger partial charge >= 0.3 is 0 Å². The third-order valence-electron chi connectivity index (χ3n) is 5.55. The second-order valence-electron chi connectivity index (χ2n) is 9.35. The Hall–Kier alpha value is -1.18. The lowest BCUT2D eigenvalue weighted by Crippen LogP contribution is -2.05. The zero-order valence-electron chi connectivity index (χ0n) is 16.1. The minimum atomic E-state index is 0.354. The van der Waals surface area contributed by atoms with Gasteiger partial charge in [0.15, 0.2) is 0 Å². The molecule has 0 radical (unpaired) electrons. The SMILES string of the molecule is CC(C)(C)CCCCc1c(O)ccc(O)c1CCCCC1(C)CC1. The first-order chi connectivity index (χ1) is 11.2. The number of hydrogen-bond donors (Lipinski definition) is 2. The van der Waals surface area contributed by atoms with Crippen LogP contribution in [0, 0.1) is 10.8 Å². The van der Waals surface area contributed by atoms with Gasteiger partial charge in [0, 0.05) is 11.1 Å². The van der Waals surface area contributed by atoms with E-state index in [1.54, 1.807) is 12.1 Å². The van der Waals surface area contributed by atoms with Crippen molar-refractivity contribution in [2.75, 3.05) is 0 Å². The highest BCUT2D eigenvalue weighted by molar-refractivity contribution is 5.47. The van der Waals surface area contributed by atoms with Gasteiger partial charge < -0.3 is 10.2 Å². The van der Waals surface area contributed by atoms with Gasteiger partial charge in [0.1, 0.15) is 11.5 Å². The third-order valence-corrected chi connectivity index (χ3v) is 5.55. The van der Waals surface area contributed by atoms with Crippen molar-refractivity contribution in [2.45, 2.75) is 91.9 Å². The second kappa shape index (κ2) is 7.80. The Bertz CT molecular complexity index is 497. The maximum Gasteiger partial charge on any atom is 0.119 e. The van der Waals surface area contributed by atoms with Gasteiger partial charge in [-0.1, -0.05) is 40.5 Å². The Morgan fingerprint density at radius 2 is 1.38 bits per heavy atom. The first kappa shape index (κ1) is 19.1. The summed E-state index contributed by atoms with van der Waals surface area (Å²) < 4.78 is 0. The fraction of sp³-hybridized carbons (Fsp3) is 0.727. The minimum absolute atomic E-state index is 0.354. The van der Waals surface area contributed by atoms with Gasteiger partial charge in [-0.2, -0.15) is 0 Å². The molecule has 0 bridgehead atoms. The highest BCUT2D eigenvalue weighted by atomic mass is 16.3. The molecule has 136 valence electrons. The van der Waals surface area contributed by atoms with E-state index in [1.807, 2.05) is 0 Å². The standard InChI is InChI=1S/C22H36O2/c1-21(2,3)13-7-5-9-17-18(20(24)12-11-19(17)23)10-6-8-14-22(4)15-16-22/h11-12,23-24H,5-10,13-16H2,1-4H3. The molecule has 0 aromatic heterocycles. The van der Waals surface area contributed by atoms with Gasteiger partial charge in [0.25, 0.3) is 0 Å². The highest BCUT2D eigenvalue weighted by Gasteiger charge is 2.35. The summed E-state index contributed by atoms with van der Waals surface area (Å²) >= 11 is 0. The van der Waals surface area contributed by atoms with Crippen molar-refractivity contribution in [2.24, 2.45) is 10.8 Å². The van der Waals surface area contributed by atoms with Crippen molar-refractivity contribution < 1.29 is 10.2 Å². The van der Waals surface area contributed by atoms with Crippen molar-refractivity contribution >= 4 is 0 Å². The Morgan fingerprint density at radius 3 is 1.83 bits per heavy atom. The maximum absolute atomic E-state index is 10.3. The molecule has 2 nitrogen and oxygen atoms in total. The summed E-state index contributed by atoms with van der Waals surface area (Å²) in [7, 11) is 0. The molecule has 1 aliphatic carbocycles. The zero-order chi connectivity index (χ0) is 17.8. The first-order valence-electron chi connectivity index (χ1n) is 9.73. The average molecular weight is 333 g/mol. The Labute approximate surface area is 148 Å². The molecule has 1 aliphatic rings. The first-order valence-corrected chi connectivity index (χ1v) is 9.73. The fourth-order valence-corrected chi connectivity index (χ4v) is 3.50. The number of aromatic hydroxyl groups is 2. The Balaban J connectivity index is 1.89. The largest absolute Gasteiger partial charge is 0.508 e. The van der Waals surface area contributed by atoms with E-state index in [0.29, 0.717) is 22.3 Å². The number of phenols is 2. The molecular weight excluding hydrogens is 296 g/mol. The molecular formula is C22H36O2. The lowest BCUT2D eigenvalue weighted by Gasteiger charge is -2.18. The van der Waals surface area contributed by atoms with Crippen molar-refractivity contribution in [3.63, 3.8) is 0 Å². The number of benzene rings is 1. The summed E-state index contributed by atoms with van der Waals surface area (Å²) in [6.45, 7) is 9.18. The van der Waals surface area contributed by atoms with E-state index in [2.05, 4.69) is 27.7 Å². The van der Waals surface area contributed by atoms with Crippen molar-refractivity contribution in [3.05, 3.63) is 23.3 Å². The van der Waals surface area contributed by atoms with Crippen LogP contribution in [0.2, 0.25) is 0 Å². The summed E-state index contributed by atoms with van der Waals surface area (Å²) in [6, 6.07) is 3.29. The van der Waals surface area contributed by atoms with Crippen LogP contribution < -0.4 is 0 Å². The molecule has 0 unspecified atom stereocenters. The molecule has 2 rings (SSSR count). The zero-order valence-corrected chi connectivity index (χ0v) is 16.1. The predicted molar refractivity (Wildman–Crippen MR) is 102 cm³/mol. The van der Waals surface area contributed by atoms with E-state index in [-0.39, 0.29) is 0 Å². The summed E-state index contributed by atoms with van der Waals surface area (Å²) in [5.41, 5.74) is 2.92. The van der Waals surface area contributed by atoms with Crippen LogP contribution in [0.25, 0.3) is 0 Å². The van der Waals surface area contributed by atoms with E-state index >= 15 is 0 Å². The number of hydrogen-bond acceptors (Lipinski definition) is 2. The Kier molecular flexibility index (Phi) is 6.22. The molecule has 0 spiro atoms. The molecule has 0 aliphatic heterocycles. The molecule has 1 aromatic carbocycles. The summed E-state index contributed by atoms with van der Waals surface area (Å²) in [6.07, 6.45) is 11.5. The molecule has 0 atom stereocenters. The highest BCUT2D eigenvalue weighted by Crippen LogP contribution is 2.49. The molecule has 2 N–H and O–H groups in total. The second-order valence-corrected chi connectivity index (χ2v) is 9.35. The fourth-order valence-electron chi connectivity index (χ4n) is 3.50. The molecule has 0 saturated heterocycles. The van der Waals surface area contributed by atoms with Gasteiger partial charge in [0.2, 0.25) is 0 Å². The summed E-state index contributed by atoms with van der Waals surface area (Å²) in [5, 5.41) is 20.5. The summed E-state index contributed by atoms with van der Waals surface area (Å²) in [5.74, 6) is 0.712. The molecule has 1 fully saturated rings. The van der Waals surface area contributed by atoms with Gasteiger partial charge in [-0.15, -0.1) is 0 Å². The van der Waals surface area contributed by atoms with Crippen molar-refractivity contribution in [1.82, 2.24) is 0 Å². The topological polar surface area (TPSA) is 40.5 Å². The summed E-state index contributed by atoms with van der Waals surface area (Å²) in [4.78, 5) is 0. The lowest BCUT2D eigenvalue weighted by atomic mass is 9.88. The average Bonchev–Trinajstić information content (AvgIpc) is 3.22. The predicted octanol–water partition coefficient (Wildman–Crippen LogP) is 6.37. The van der Waals surface area contributed by atoms with Crippen LogP contribution in [0.5, 0.6) is 11.5 Å². The number of unbranched alkanes of at least 4 members (excludes halogenated alkanes) is 2. The lowest BCUT2D eigenvalue weighted by molar-refractivity contribution is 0.359. The van der Waals surface area contributed by atoms with E-state index < -0.39 is 0 Å². The number of rotatable bonds is 9. The van der Waals surface area contributed by atoms with E-state index in [4.69, 9.17) is 0 Å². The quantitative estimate of drug-likeness (QED) is 0.407. The van der Waals surface area contributed by atoms with Crippen LogP contribution in [0.15, 0.2) is 12.1 Å². The van der Waals surface area contributed by atoms with E-state index in [0.717, 1.165) is 43.2 Å². The van der Waals surface area contributed by atoms with Crippen LogP contribution in [0.4, 0.5) is 0 Å². The van der Waals surface area contributed by atoms with Gasteiger partial charge in [0.05, 0.1) is 0 Å². The van der Waals surface area contributed by atoms with Gasteiger partial charge in [-0.25, -0.2) is 0 Å². The van der Waals surface area contributed by atoms with E-state index in [9.17, 15) is 10.2 Å². The van der Waals surface area contributed by atoms with Crippen LogP contribution in [-0.4, -0.2) is 10.2 Å². The van der Waals surface area contributed by atoms with Crippen LogP contribution >= 0.6 is 0 Å². The van der Waals surface area contributed by atoms with Crippen molar-refractivity contribution in [3.8, 4) is 11.5 Å². The smallest absolute Gasteiger partial charge is 0.119 e. The molecule has 2 heteroatoms. The molecule has 1 aromatic rings. The minimum Gasteiger partial charge on any atom is -0.508 e. The van der Waals surface area contributed by atoms with E-state index in [1.165, 1.54) is 32.1 Å². The third kappa shape index (κ3) is 6.03. The maximum atomic E-state index is 10.3. The molecule has 24 heavy (non-hydrogen) atoms. The van der Waals surface area contributed by atoms with Gasteiger partial charge in [-0.05, 0) is 74.3 Å². The molecule has 0 heterocycles. The van der Waals surface area contributed by atoms with Crippen LogP contribution in [0.1, 0.15) is 90.2 Å². The normalized spacial score (nSPS) is 16.3. The monoisotopic (exact) mass is 332 g/mol. The Morgan fingerprint density at radius 1 is 0.875 bits per heavy atom.